The van der Waals surface area contributed by atoms with Crippen LogP contribution in [0.5, 0.6) is 0 Å². The number of carbonyl (C=O) groups is 1. The number of aryl methyl sites for hydroxylation is 1. The monoisotopic (exact) mass is 415 g/mol. The second-order valence-electron chi connectivity index (χ2n) is 7.30. The van der Waals surface area contributed by atoms with Crippen LogP contribution in [0.4, 0.5) is 11.4 Å². The molecular weight excluding hydrogens is 386 g/mol. The zero-order chi connectivity index (χ0) is 20.7. The molecule has 1 aliphatic rings. The number of rotatable bonds is 7. The standard InChI is InChI=1S/C22H29N3O3S/c1-2-18-10-12-19(13-11-18)23-17-22(26)24-20-8-7-9-21(16-20)29(27,28)25-14-5-3-4-6-15-25/h7-13,16,23H,2-6,14-15,17H2,1H3,(H,24,26). The van der Waals surface area contributed by atoms with Crippen molar-refractivity contribution in [1.29, 1.82) is 0 Å². The van der Waals surface area contributed by atoms with Gasteiger partial charge in [0, 0.05) is 24.5 Å². The van der Waals surface area contributed by atoms with Crippen LogP contribution in [0.25, 0.3) is 0 Å². The lowest BCUT2D eigenvalue weighted by Crippen LogP contribution is -2.32. The summed E-state index contributed by atoms with van der Waals surface area (Å²) in [6.07, 6.45) is 4.88. The molecule has 1 heterocycles. The van der Waals surface area contributed by atoms with E-state index in [0.717, 1.165) is 37.8 Å². The maximum Gasteiger partial charge on any atom is 0.243 e. The summed E-state index contributed by atoms with van der Waals surface area (Å²) in [4.78, 5) is 12.5. The van der Waals surface area contributed by atoms with E-state index in [1.54, 1.807) is 22.5 Å². The highest BCUT2D eigenvalue weighted by Gasteiger charge is 2.25. The van der Waals surface area contributed by atoms with Gasteiger partial charge in [-0.15, -0.1) is 0 Å². The zero-order valence-corrected chi connectivity index (χ0v) is 17.7. The van der Waals surface area contributed by atoms with Crippen LogP contribution in [0.2, 0.25) is 0 Å². The maximum absolute atomic E-state index is 12.9. The molecule has 1 fully saturated rings. The Balaban J connectivity index is 1.61. The van der Waals surface area contributed by atoms with Crippen molar-refractivity contribution in [2.45, 2.75) is 43.9 Å². The first-order valence-electron chi connectivity index (χ1n) is 10.2. The van der Waals surface area contributed by atoms with Crippen molar-refractivity contribution in [2.24, 2.45) is 0 Å². The highest BCUT2D eigenvalue weighted by molar-refractivity contribution is 7.89. The van der Waals surface area contributed by atoms with Crippen LogP contribution in [-0.4, -0.2) is 38.3 Å². The van der Waals surface area contributed by atoms with Crippen LogP contribution in [0.1, 0.15) is 38.2 Å². The van der Waals surface area contributed by atoms with E-state index in [-0.39, 0.29) is 17.3 Å². The summed E-state index contributed by atoms with van der Waals surface area (Å²) in [6, 6.07) is 14.4. The maximum atomic E-state index is 12.9. The first-order chi connectivity index (χ1) is 14.0. The zero-order valence-electron chi connectivity index (χ0n) is 16.9. The second-order valence-corrected chi connectivity index (χ2v) is 9.24. The molecule has 3 rings (SSSR count). The summed E-state index contributed by atoms with van der Waals surface area (Å²) in [5, 5.41) is 5.86. The third kappa shape index (κ3) is 5.81. The van der Waals surface area contributed by atoms with Crippen LogP contribution in [-0.2, 0) is 21.2 Å². The highest BCUT2D eigenvalue weighted by Crippen LogP contribution is 2.22. The Labute approximate surface area is 173 Å². The molecular formula is C22H29N3O3S. The van der Waals surface area contributed by atoms with Crippen molar-refractivity contribution in [3.05, 3.63) is 54.1 Å². The number of hydrogen-bond donors (Lipinski definition) is 2. The predicted molar refractivity (Wildman–Crippen MR) is 117 cm³/mol. The van der Waals surface area contributed by atoms with Gasteiger partial charge in [0.1, 0.15) is 0 Å². The third-order valence-electron chi connectivity index (χ3n) is 5.14. The quantitative estimate of drug-likeness (QED) is 0.720. The molecule has 0 unspecified atom stereocenters. The largest absolute Gasteiger partial charge is 0.376 e. The van der Waals surface area contributed by atoms with Gasteiger partial charge in [-0.1, -0.05) is 38.0 Å². The molecule has 0 spiro atoms. The molecule has 0 atom stereocenters. The second kappa shape index (κ2) is 9.89. The SMILES string of the molecule is CCc1ccc(NCC(=O)Nc2cccc(S(=O)(=O)N3CCCCCC3)c2)cc1. The summed E-state index contributed by atoms with van der Waals surface area (Å²) in [5.74, 6) is -0.228. The number of nitrogens with one attached hydrogen (secondary N) is 2. The number of benzene rings is 2. The molecule has 6 nitrogen and oxygen atoms in total. The molecule has 1 saturated heterocycles. The predicted octanol–water partition coefficient (Wildman–Crippen LogP) is 3.86. The van der Waals surface area contributed by atoms with Crippen LogP contribution >= 0.6 is 0 Å². The molecule has 1 aliphatic heterocycles. The van der Waals surface area contributed by atoms with Gasteiger partial charge in [-0.3, -0.25) is 4.79 Å². The summed E-state index contributed by atoms with van der Waals surface area (Å²) in [6.45, 7) is 3.31. The Kier molecular flexibility index (Phi) is 7.28. The fourth-order valence-corrected chi connectivity index (χ4v) is 4.97. The first kappa shape index (κ1) is 21.3. The van der Waals surface area contributed by atoms with Gasteiger partial charge in [-0.05, 0) is 55.2 Å². The molecule has 29 heavy (non-hydrogen) atoms. The lowest BCUT2D eigenvalue weighted by molar-refractivity contribution is -0.114. The van der Waals surface area contributed by atoms with Crippen molar-refractivity contribution in [1.82, 2.24) is 4.31 Å². The molecule has 0 aliphatic carbocycles. The van der Waals surface area contributed by atoms with Gasteiger partial charge in [0.15, 0.2) is 0 Å². The molecule has 0 saturated carbocycles. The van der Waals surface area contributed by atoms with Crippen molar-refractivity contribution in [2.75, 3.05) is 30.3 Å². The lowest BCUT2D eigenvalue weighted by atomic mass is 10.1. The molecule has 7 heteroatoms. The van der Waals surface area contributed by atoms with Gasteiger partial charge in [-0.25, -0.2) is 8.42 Å². The molecule has 1 amide bonds. The third-order valence-corrected chi connectivity index (χ3v) is 7.03. The Morgan fingerprint density at radius 1 is 0.966 bits per heavy atom. The first-order valence-corrected chi connectivity index (χ1v) is 11.7. The lowest BCUT2D eigenvalue weighted by Gasteiger charge is -2.20. The molecule has 0 radical (unpaired) electrons. The summed E-state index contributed by atoms with van der Waals surface area (Å²) >= 11 is 0. The minimum atomic E-state index is -3.54. The summed E-state index contributed by atoms with van der Waals surface area (Å²) in [5.41, 5.74) is 2.59. The fraction of sp³-hybridized carbons (Fsp3) is 0.409. The molecule has 2 N–H and O–H groups in total. The van der Waals surface area contributed by atoms with Gasteiger partial charge in [0.25, 0.3) is 0 Å². The minimum Gasteiger partial charge on any atom is -0.376 e. The Bertz CT molecular complexity index is 919. The van der Waals surface area contributed by atoms with Crippen LogP contribution in [0, 0.1) is 0 Å². The van der Waals surface area contributed by atoms with Gasteiger partial charge in [0.2, 0.25) is 15.9 Å². The topological polar surface area (TPSA) is 78.5 Å². The number of carbonyl (C=O) groups excluding carboxylic acids is 1. The van der Waals surface area contributed by atoms with E-state index in [4.69, 9.17) is 0 Å². The fourth-order valence-electron chi connectivity index (χ4n) is 3.41. The van der Waals surface area contributed by atoms with Gasteiger partial charge in [0.05, 0.1) is 11.4 Å². The number of hydrogen-bond acceptors (Lipinski definition) is 4. The van der Waals surface area contributed by atoms with Gasteiger partial charge in [-0.2, -0.15) is 4.31 Å². The Hall–Kier alpha value is -2.38. The van der Waals surface area contributed by atoms with Crippen molar-refractivity contribution < 1.29 is 13.2 Å². The van der Waals surface area contributed by atoms with Crippen LogP contribution < -0.4 is 10.6 Å². The van der Waals surface area contributed by atoms with Crippen molar-refractivity contribution in [3.63, 3.8) is 0 Å². The minimum absolute atomic E-state index is 0.106. The molecule has 156 valence electrons. The van der Waals surface area contributed by atoms with Crippen molar-refractivity contribution in [3.8, 4) is 0 Å². The van der Waals surface area contributed by atoms with Gasteiger partial charge < -0.3 is 10.6 Å². The van der Waals surface area contributed by atoms with Crippen molar-refractivity contribution >= 4 is 27.3 Å². The normalized spacial score (nSPS) is 15.5. The van der Waals surface area contributed by atoms with E-state index < -0.39 is 10.0 Å². The van der Waals surface area contributed by atoms with E-state index in [1.165, 1.54) is 11.6 Å². The van der Waals surface area contributed by atoms with E-state index >= 15 is 0 Å². The van der Waals surface area contributed by atoms with Gasteiger partial charge >= 0.3 is 0 Å². The molecule has 2 aromatic carbocycles. The Morgan fingerprint density at radius 3 is 2.31 bits per heavy atom. The smallest absolute Gasteiger partial charge is 0.243 e. The van der Waals surface area contributed by atoms with E-state index in [9.17, 15) is 13.2 Å². The summed E-state index contributed by atoms with van der Waals surface area (Å²) < 4.78 is 27.4. The molecule has 0 aromatic heterocycles. The average molecular weight is 416 g/mol. The van der Waals surface area contributed by atoms with E-state index in [0.29, 0.717) is 18.8 Å². The summed E-state index contributed by atoms with van der Waals surface area (Å²) in [7, 11) is -3.54. The van der Waals surface area contributed by atoms with E-state index in [1.807, 2.05) is 24.3 Å². The number of sulfonamides is 1. The Morgan fingerprint density at radius 2 is 1.66 bits per heavy atom. The van der Waals surface area contributed by atoms with Crippen LogP contribution in [0.15, 0.2) is 53.4 Å². The number of nitrogens with zero attached hydrogens (tertiary/aromatic N) is 1. The number of anilines is 2. The molecule has 0 bridgehead atoms. The molecule has 2 aromatic rings. The average Bonchev–Trinajstić information content (AvgIpc) is 3.03. The van der Waals surface area contributed by atoms with E-state index in [2.05, 4.69) is 17.6 Å². The highest BCUT2D eigenvalue weighted by atomic mass is 32.2. The van der Waals surface area contributed by atoms with Crippen LogP contribution in [0.3, 0.4) is 0 Å². The number of amides is 1.